The van der Waals surface area contributed by atoms with E-state index in [1.165, 1.54) is 18.4 Å². The van der Waals surface area contributed by atoms with Gasteiger partial charge in [0, 0.05) is 6.54 Å². The highest BCUT2D eigenvalue weighted by Gasteiger charge is 2.20. The molecule has 19 heavy (non-hydrogen) atoms. The average Bonchev–Trinajstić information content (AvgIpc) is 3.15. The Bertz CT molecular complexity index is 543. The predicted octanol–water partition coefficient (Wildman–Crippen LogP) is 2.33. The van der Waals surface area contributed by atoms with E-state index in [-0.39, 0.29) is 0 Å². The Balaban J connectivity index is 1.65. The van der Waals surface area contributed by atoms with Crippen molar-refractivity contribution in [3.63, 3.8) is 0 Å². The van der Waals surface area contributed by atoms with Gasteiger partial charge in [-0.1, -0.05) is 24.3 Å². The number of nitrogens with zero attached hydrogens (tertiary/aromatic N) is 3. The molecular weight excluding hydrogens is 236 g/mol. The normalized spacial score (nSPS) is 14.8. The number of aromatic nitrogens is 3. The van der Waals surface area contributed by atoms with Crippen molar-refractivity contribution in [2.45, 2.75) is 32.7 Å². The molecule has 1 saturated carbocycles. The van der Waals surface area contributed by atoms with E-state index in [2.05, 4.69) is 46.8 Å². The Morgan fingerprint density at radius 3 is 3.05 bits per heavy atom. The molecule has 0 atom stereocenters. The zero-order valence-electron chi connectivity index (χ0n) is 11.3. The molecule has 2 aromatic rings. The van der Waals surface area contributed by atoms with Crippen LogP contribution >= 0.6 is 0 Å². The van der Waals surface area contributed by atoms with Crippen LogP contribution in [-0.2, 0) is 13.0 Å². The predicted molar refractivity (Wildman–Crippen MR) is 75.2 cm³/mol. The smallest absolute Gasteiger partial charge is 0.0969 e. The van der Waals surface area contributed by atoms with Crippen LogP contribution in [0.2, 0.25) is 0 Å². The van der Waals surface area contributed by atoms with Crippen LogP contribution < -0.4 is 5.32 Å². The van der Waals surface area contributed by atoms with Gasteiger partial charge in [0.25, 0.3) is 0 Å². The monoisotopic (exact) mass is 256 g/mol. The van der Waals surface area contributed by atoms with E-state index in [4.69, 9.17) is 0 Å². The van der Waals surface area contributed by atoms with Gasteiger partial charge < -0.3 is 5.32 Å². The Morgan fingerprint density at radius 2 is 2.26 bits per heavy atom. The second kappa shape index (κ2) is 5.53. The molecule has 1 aliphatic rings. The average molecular weight is 256 g/mol. The summed E-state index contributed by atoms with van der Waals surface area (Å²) < 4.78 is 1.85. The van der Waals surface area contributed by atoms with Crippen molar-refractivity contribution in [3.8, 4) is 5.69 Å². The van der Waals surface area contributed by atoms with E-state index < -0.39 is 0 Å². The fourth-order valence-electron chi connectivity index (χ4n) is 2.15. The molecule has 1 aromatic carbocycles. The zero-order valence-corrected chi connectivity index (χ0v) is 11.3. The summed E-state index contributed by atoms with van der Waals surface area (Å²) in [4.78, 5) is 0. The van der Waals surface area contributed by atoms with Gasteiger partial charge in [0.2, 0.25) is 0 Å². The molecule has 1 aromatic heterocycles. The number of hydrogen-bond acceptors (Lipinski definition) is 3. The van der Waals surface area contributed by atoms with E-state index in [0.29, 0.717) is 0 Å². The lowest BCUT2D eigenvalue weighted by molar-refractivity contribution is 0.628. The van der Waals surface area contributed by atoms with Crippen molar-refractivity contribution in [3.05, 3.63) is 41.7 Å². The topological polar surface area (TPSA) is 42.7 Å². The second-order valence-corrected chi connectivity index (χ2v) is 5.25. The maximum absolute atomic E-state index is 4.22. The number of rotatable bonds is 6. The summed E-state index contributed by atoms with van der Waals surface area (Å²) in [7, 11) is 0. The van der Waals surface area contributed by atoms with Crippen LogP contribution in [0.1, 0.15) is 31.0 Å². The molecule has 0 spiro atoms. The molecule has 4 heteroatoms. The van der Waals surface area contributed by atoms with Crippen LogP contribution in [0, 0.1) is 5.92 Å². The quantitative estimate of drug-likeness (QED) is 0.862. The number of aryl methyl sites for hydroxylation is 1. The second-order valence-electron chi connectivity index (χ2n) is 5.25. The van der Waals surface area contributed by atoms with Crippen molar-refractivity contribution >= 4 is 0 Å². The summed E-state index contributed by atoms with van der Waals surface area (Å²) in [5, 5.41) is 11.9. The third-order valence-corrected chi connectivity index (χ3v) is 3.56. The number of benzene rings is 1. The lowest BCUT2D eigenvalue weighted by Gasteiger charge is -2.02. The van der Waals surface area contributed by atoms with Crippen LogP contribution in [0.15, 0.2) is 30.5 Å². The van der Waals surface area contributed by atoms with Gasteiger partial charge in [0.1, 0.15) is 0 Å². The highest BCUT2D eigenvalue weighted by atomic mass is 15.4. The van der Waals surface area contributed by atoms with Crippen molar-refractivity contribution < 1.29 is 0 Å². The minimum atomic E-state index is 0.809. The van der Waals surface area contributed by atoms with E-state index in [9.17, 15) is 0 Å². The van der Waals surface area contributed by atoms with Crippen molar-refractivity contribution in [1.29, 1.82) is 0 Å². The van der Waals surface area contributed by atoms with Crippen LogP contribution in [0.25, 0.3) is 5.69 Å². The minimum Gasteiger partial charge on any atom is -0.311 e. The Hall–Kier alpha value is -1.68. The largest absolute Gasteiger partial charge is 0.311 e. The van der Waals surface area contributed by atoms with Crippen molar-refractivity contribution in [2.24, 2.45) is 5.92 Å². The van der Waals surface area contributed by atoms with Gasteiger partial charge in [-0.25, -0.2) is 4.68 Å². The molecule has 0 radical (unpaired) electrons. The third-order valence-electron chi connectivity index (χ3n) is 3.56. The lowest BCUT2D eigenvalue weighted by Crippen LogP contribution is -2.16. The number of hydrogen-bond donors (Lipinski definition) is 1. The van der Waals surface area contributed by atoms with Gasteiger partial charge in [-0.05, 0) is 49.4 Å². The van der Waals surface area contributed by atoms with Gasteiger partial charge in [-0.15, -0.1) is 5.10 Å². The first-order chi connectivity index (χ1) is 9.35. The van der Waals surface area contributed by atoms with E-state index >= 15 is 0 Å². The molecule has 0 bridgehead atoms. The van der Waals surface area contributed by atoms with Gasteiger partial charge in [-0.2, -0.15) is 0 Å². The standard InChI is InChI=1S/C15H20N4/c1-2-12-4-3-5-15(8-12)19-11-14(17-18-19)10-16-9-13-6-7-13/h3-5,8,11,13,16H,2,6-7,9-10H2,1H3. The Morgan fingerprint density at radius 1 is 1.37 bits per heavy atom. The Labute approximate surface area is 113 Å². The molecule has 100 valence electrons. The molecule has 0 unspecified atom stereocenters. The van der Waals surface area contributed by atoms with Gasteiger partial charge in [-0.3, -0.25) is 0 Å². The van der Waals surface area contributed by atoms with Crippen LogP contribution in [0.3, 0.4) is 0 Å². The molecule has 1 aliphatic carbocycles. The van der Waals surface area contributed by atoms with Gasteiger partial charge >= 0.3 is 0 Å². The highest BCUT2D eigenvalue weighted by Crippen LogP contribution is 2.27. The molecule has 1 heterocycles. The fourth-order valence-corrected chi connectivity index (χ4v) is 2.15. The summed E-state index contributed by atoms with van der Waals surface area (Å²) in [6, 6.07) is 8.44. The molecule has 4 nitrogen and oxygen atoms in total. The summed E-state index contributed by atoms with van der Waals surface area (Å²) in [5.41, 5.74) is 3.41. The van der Waals surface area contributed by atoms with Crippen LogP contribution in [-0.4, -0.2) is 21.5 Å². The summed E-state index contributed by atoms with van der Waals surface area (Å²) in [6.07, 6.45) is 5.81. The maximum atomic E-state index is 4.22. The maximum Gasteiger partial charge on any atom is 0.0969 e. The van der Waals surface area contributed by atoms with Gasteiger partial charge in [0.15, 0.2) is 0 Å². The first-order valence-electron chi connectivity index (χ1n) is 7.06. The summed E-state index contributed by atoms with van der Waals surface area (Å²) in [6.45, 7) is 4.08. The molecule has 3 rings (SSSR count). The Kier molecular flexibility index (Phi) is 3.60. The molecule has 0 aliphatic heterocycles. The molecular formula is C15H20N4. The third kappa shape index (κ3) is 3.20. The first-order valence-corrected chi connectivity index (χ1v) is 7.06. The van der Waals surface area contributed by atoms with Crippen molar-refractivity contribution in [1.82, 2.24) is 20.3 Å². The van der Waals surface area contributed by atoms with Crippen LogP contribution in [0.5, 0.6) is 0 Å². The molecule has 0 amide bonds. The minimum absolute atomic E-state index is 0.809. The highest BCUT2D eigenvalue weighted by molar-refractivity contribution is 5.35. The SMILES string of the molecule is CCc1cccc(-n2cc(CNCC3CC3)nn2)c1. The van der Waals surface area contributed by atoms with E-state index in [1.807, 2.05) is 10.9 Å². The van der Waals surface area contributed by atoms with Crippen LogP contribution in [0.4, 0.5) is 0 Å². The first kappa shape index (κ1) is 12.4. The summed E-state index contributed by atoms with van der Waals surface area (Å²) >= 11 is 0. The van der Waals surface area contributed by atoms with Crippen molar-refractivity contribution in [2.75, 3.05) is 6.54 Å². The fraction of sp³-hybridized carbons (Fsp3) is 0.467. The van der Waals surface area contributed by atoms with Gasteiger partial charge in [0.05, 0.1) is 17.6 Å². The molecule has 0 saturated heterocycles. The summed E-state index contributed by atoms with van der Waals surface area (Å²) in [5.74, 6) is 0.899. The zero-order chi connectivity index (χ0) is 13.1. The van der Waals surface area contributed by atoms with E-state index in [0.717, 1.165) is 36.8 Å². The number of nitrogens with one attached hydrogen (secondary N) is 1. The lowest BCUT2D eigenvalue weighted by atomic mass is 10.1. The molecule has 1 N–H and O–H groups in total. The molecule has 1 fully saturated rings. The van der Waals surface area contributed by atoms with E-state index in [1.54, 1.807) is 0 Å².